The Kier molecular flexibility index (Phi) is 9.51. The van der Waals surface area contributed by atoms with Gasteiger partial charge in [0.2, 0.25) is 5.91 Å². The normalized spacial score (nSPS) is 15.1. The summed E-state index contributed by atoms with van der Waals surface area (Å²) < 4.78 is 10.7. The summed E-state index contributed by atoms with van der Waals surface area (Å²) in [7, 11) is 1.50. The average molecular weight is 619 g/mol. The first-order chi connectivity index (χ1) is 20.6. The van der Waals surface area contributed by atoms with Gasteiger partial charge in [0, 0.05) is 28.6 Å². The lowest BCUT2D eigenvalue weighted by Gasteiger charge is -2.26. The third kappa shape index (κ3) is 6.34. The van der Waals surface area contributed by atoms with Crippen molar-refractivity contribution in [2.24, 2.45) is 5.73 Å². The monoisotopic (exact) mass is 618 g/mol. The van der Waals surface area contributed by atoms with E-state index in [4.69, 9.17) is 14.9 Å². The Morgan fingerprint density at radius 2 is 1.66 bits per heavy atom. The van der Waals surface area contributed by atoms with Gasteiger partial charge in [-0.2, -0.15) is 0 Å². The number of para-hydroxylation sites is 2. The van der Waals surface area contributed by atoms with Crippen LogP contribution in [-0.2, 0) is 16.1 Å². The minimum absolute atomic E-state index is 0. The van der Waals surface area contributed by atoms with Gasteiger partial charge in [-0.3, -0.25) is 19.2 Å². The SMILES string of the molecule is COc1ccc2c(CN3C(=O)[C@@H](NC(=O)[C@H](C)N)CN(C(=O)c4ccc(C(C)=O)cc4)c4ccccc43)cc(=O)oc2c1.Cl. The van der Waals surface area contributed by atoms with Gasteiger partial charge in [0.15, 0.2) is 5.78 Å². The second kappa shape index (κ2) is 13.1. The van der Waals surface area contributed by atoms with Crippen molar-refractivity contribution in [2.75, 3.05) is 23.5 Å². The smallest absolute Gasteiger partial charge is 0.336 e. The highest BCUT2D eigenvalue weighted by molar-refractivity contribution is 6.13. The quantitative estimate of drug-likeness (QED) is 0.236. The number of rotatable bonds is 7. The molecule has 5 rings (SSSR count). The fourth-order valence-corrected chi connectivity index (χ4v) is 4.99. The maximum atomic E-state index is 14.2. The van der Waals surface area contributed by atoms with E-state index in [0.29, 0.717) is 39.2 Å². The number of methoxy groups -OCH3 is 1. The number of benzene rings is 3. The summed E-state index contributed by atoms with van der Waals surface area (Å²) in [5, 5.41) is 3.28. The van der Waals surface area contributed by atoms with Crippen molar-refractivity contribution >= 4 is 58.3 Å². The standard InChI is InChI=1S/C32H30N4O7.ClH/c1-18(33)30(39)34-25-17-36(31(40)21-10-8-20(9-11-21)19(2)37)27-7-5-4-6-26(27)35(32(25)41)16-22-14-29(38)43-28-15-23(42-3)12-13-24(22)28;/h4-15,18,25H,16-17,33H2,1-3H3,(H,34,39);1H/t18-,25-;/m0./s1. The molecule has 44 heavy (non-hydrogen) atoms. The van der Waals surface area contributed by atoms with Crippen molar-refractivity contribution in [1.82, 2.24) is 5.32 Å². The predicted octanol–water partition coefficient (Wildman–Crippen LogP) is 3.45. The highest BCUT2D eigenvalue weighted by atomic mass is 35.5. The molecule has 12 heteroatoms. The van der Waals surface area contributed by atoms with E-state index in [1.54, 1.807) is 66.7 Å². The van der Waals surface area contributed by atoms with Gasteiger partial charge in [-0.05, 0) is 55.8 Å². The van der Waals surface area contributed by atoms with Crippen molar-refractivity contribution in [3.63, 3.8) is 0 Å². The Morgan fingerprint density at radius 1 is 1.00 bits per heavy atom. The third-order valence-electron chi connectivity index (χ3n) is 7.27. The van der Waals surface area contributed by atoms with Crippen LogP contribution >= 0.6 is 12.4 Å². The van der Waals surface area contributed by atoms with Crippen LogP contribution in [0.4, 0.5) is 11.4 Å². The summed E-state index contributed by atoms with van der Waals surface area (Å²) in [4.78, 5) is 68.0. The van der Waals surface area contributed by atoms with Gasteiger partial charge < -0.3 is 30.0 Å². The van der Waals surface area contributed by atoms with Crippen LogP contribution in [0, 0.1) is 0 Å². The number of amides is 3. The number of carbonyl (C=O) groups is 4. The number of nitrogens with zero attached hydrogens (tertiary/aromatic N) is 2. The van der Waals surface area contributed by atoms with Gasteiger partial charge in [0.1, 0.15) is 17.4 Å². The Hall–Kier alpha value is -5.00. The van der Waals surface area contributed by atoms with Crippen LogP contribution in [0.3, 0.4) is 0 Å². The molecule has 1 aliphatic rings. The number of ketones is 1. The Labute approximate surface area is 259 Å². The number of ether oxygens (including phenoxy) is 1. The number of nitrogens with one attached hydrogen (secondary N) is 1. The van der Waals surface area contributed by atoms with E-state index in [9.17, 15) is 24.0 Å². The molecule has 0 unspecified atom stereocenters. The zero-order chi connectivity index (χ0) is 30.8. The largest absolute Gasteiger partial charge is 0.497 e. The van der Waals surface area contributed by atoms with Crippen LogP contribution in [0.15, 0.2) is 82.0 Å². The number of hydrogen-bond acceptors (Lipinski definition) is 8. The topological polar surface area (TPSA) is 152 Å². The second-order valence-electron chi connectivity index (χ2n) is 10.3. The highest BCUT2D eigenvalue weighted by Crippen LogP contribution is 2.36. The fraction of sp³-hybridized carbons (Fsp3) is 0.219. The highest BCUT2D eigenvalue weighted by Gasteiger charge is 2.37. The van der Waals surface area contributed by atoms with Gasteiger partial charge >= 0.3 is 5.63 Å². The molecule has 4 aromatic rings. The number of carbonyl (C=O) groups excluding carboxylic acids is 4. The maximum Gasteiger partial charge on any atom is 0.336 e. The van der Waals surface area contributed by atoms with Crippen LogP contribution in [0.5, 0.6) is 5.75 Å². The maximum absolute atomic E-state index is 14.2. The lowest BCUT2D eigenvalue weighted by Crippen LogP contribution is -2.55. The summed E-state index contributed by atoms with van der Waals surface area (Å²) in [5.41, 5.74) is 7.53. The van der Waals surface area contributed by atoms with Crippen LogP contribution in [-0.4, -0.2) is 49.2 Å². The van der Waals surface area contributed by atoms with Gasteiger partial charge in [-0.25, -0.2) is 4.79 Å². The molecule has 3 amide bonds. The molecule has 2 heterocycles. The summed E-state index contributed by atoms with van der Waals surface area (Å²) in [6.07, 6.45) is 0. The number of nitrogens with two attached hydrogens (primary N) is 1. The predicted molar refractivity (Wildman–Crippen MR) is 168 cm³/mol. The number of anilines is 2. The lowest BCUT2D eigenvalue weighted by molar-refractivity contribution is -0.127. The Bertz CT molecular complexity index is 1800. The van der Waals surface area contributed by atoms with Crippen LogP contribution < -0.4 is 31.2 Å². The third-order valence-corrected chi connectivity index (χ3v) is 7.27. The molecule has 3 N–H and O–H groups in total. The Balaban J connectivity index is 0.00000442. The molecule has 11 nitrogen and oxygen atoms in total. The van der Waals surface area contributed by atoms with Crippen LogP contribution in [0.2, 0.25) is 0 Å². The number of halogens is 1. The zero-order valence-electron chi connectivity index (χ0n) is 24.2. The molecule has 2 atom stereocenters. The molecular formula is C32H31ClN4O7. The Morgan fingerprint density at radius 3 is 2.30 bits per heavy atom. The van der Waals surface area contributed by atoms with Crippen molar-refractivity contribution in [3.05, 3.63) is 99.9 Å². The first-order valence-electron chi connectivity index (χ1n) is 13.6. The molecular weight excluding hydrogens is 588 g/mol. The number of Topliss-reactive ketones (excluding diaryl/α,β-unsaturated/α-hetero) is 1. The summed E-state index contributed by atoms with van der Waals surface area (Å²) in [6.45, 7) is 2.67. The molecule has 0 radical (unpaired) electrons. The second-order valence-corrected chi connectivity index (χ2v) is 10.3. The first kappa shape index (κ1) is 31.9. The number of fused-ring (bicyclic) bond motifs is 2. The van der Waals surface area contributed by atoms with E-state index < -0.39 is 35.4 Å². The van der Waals surface area contributed by atoms with E-state index in [0.717, 1.165) is 0 Å². The van der Waals surface area contributed by atoms with Crippen molar-refractivity contribution in [3.8, 4) is 5.75 Å². The lowest BCUT2D eigenvalue weighted by atomic mass is 10.1. The van der Waals surface area contributed by atoms with Crippen LogP contribution in [0.1, 0.15) is 40.1 Å². The van der Waals surface area contributed by atoms with Gasteiger partial charge in [0.05, 0.1) is 37.6 Å². The van der Waals surface area contributed by atoms with Gasteiger partial charge in [-0.15, -0.1) is 12.4 Å². The summed E-state index contributed by atoms with van der Waals surface area (Å²) >= 11 is 0. The molecule has 228 valence electrons. The molecule has 0 saturated heterocycles. The zero-order valence-corrected chi connectivity index (χ0v) is 25.1. The average Bonchev–Trinajstić information content (AvgIpc) is 3.11. The van der Waals surface area contributed by atoms with E-state index in [1.165, 1.54) is 36.8 Å². The molecule has 0 saturated carbocycles. The number of hydrogen-bond donors (Lipinski definition) is 2. The first-order valence-corrected chi connectivity index (χ1v) is 13.6. The minimum atomic E-state index is -1.17. The summed E-state index contributed by atoms with van der Waals surface area (Å²) in [6, 6.07) is 17.3. The van der Waals surface area contributed by atoms with E-state index in [1.807, 2.05) is 0 Å². The minimum Gasteiger partial charge on any atom is -0.497 e. The van der Waals surface area contributed by atoms with Crippen molar-refractivity contribution in [2.45, 2.75) is 32.5 Å². The van der Waals surface area contributed by atoms with Crippen molar-refractivity contribution < 1.29 is 28.3 Å². The van der Waals surface area contributed by atoms with E-state index >= 15 is 0 Å². The molecule has 1 aromatic heterocycles. The van der Waals surface area contributed by atoms with Crippen molar-refractivity contribution in [1.29, 1.82) is 0 Å². The molecule has 0 fully saturated rings. The molecule has 0 bridgehead atoms. The molecule has 0 aliphatic carbocycles. The molecule has 3 aromatic carbocycles. The summed E-state index contributed by atoms with van der Waals surface area (Å²) in [5.74, 6) is -1.15. The molecule has 0 spiro atoms. The van der Waals surface area contributed by atoms with E-state index in [-0.39, 0.29) is 36.9 Å². The fourth-order valence-electron chi connectivity index (χ4n) is 4.99. The van der Waals surface area contributed by atoms with E-state index in [2.05, 4.69) is 5.32 Å². The van der Waals surface area contributed by atoms with Gasteiger partial charge in [-0.1, -0.05) is 24.3 Å². The van der Waals surface area contributed by atoms with Crippen LogP contribution in [0.25, 0.3) is 11.0 Å². The van der Waals surface area contributed by atoms with Gasteiger partial charge in [0.25, 0.3) is 11.8 Å². The molecule has 1 aliphatic heterocycles.